The van der Waals surface area contributed by atoms with Crippen molar-refractivity contribution in [1.82, 2.24) is 0 Å². The van der Waals surface area contributed by atoms with Crippen LogP contribution in [0, 0.1) is 0 Å². The Morgan fingerprint density at radius 2 is 1.69 bits per heavy atom. The van der Waals surface area contributed by atoms with Crippen LogP contribution in [0.3, 0.4) is 0 Å². The second kappa shape index (κ2) is 5.75. The van der Waals surface area contributed by atoms with Crippen LogP contribution in [-0.2, 0) is 0 Å². The third kappa shape index (κ3) is 4.11. The van der Waals surface area contributed by atoms with E-state index in [0.717, 1.165) is 24.5 Å². The summed E-state index contributed by atoms with van der Waals surface area (Å²) in [4.78, 5) is 0. The minimum absolute atomic E-state index is 0.328. The molecule has 90 valence electrons. The van der Waals surface area contributed by atoms with Crippen molar-refractivity contribution in [2.75, 3.05) is 13.2 Å². The number of hydrogen-bond donors (Lipinski definition) is 1. The maximum absolute atomic E-state index is 5.73. The van der Waals surface area contributed by atoms with Crippen LogP contribution < -0.4 is 15.2 Å². The molecule has 0 spiro atoms. The Labute approximate surface area is 97.6 Å². The number of hydrogen-bond acceptors (Lipinski definition) is 3. The van der Waals surface area contributed by atoms with Gasteiger partial charge in [0.25, 0.3) is 0 Å². The zero-order chi connectivity index (χ0) is 12.0. The van der Waals surface area contributed by atoms with Crippen molar-refractivity contribution < 1.29 is 9.47 Å². The zero-order valence-corrected chi connectivity index (χ0v) is 10.3. The molecule has 16 heavy (non-hydrogen) atoms. The van der Waals surface area contributed by atoms with Gasteiger partial charge >= 0.3 is 0 Å². The summed E-state index contributed by atoms with van der Waals surface area (Å²) in [6.45, 7) is 7.25. The normalized spacial score (nSPS) is 11.2. The molecule has 0 bridgehead atoms. The minimum atomic E-state index is -0.328. The van der Waals surface area contributed by atoms with Gasteiger partial charge in [0, 0.05) is 6.54 Å². The lowest BCUT2D eigenvalue weighted by atomic mass is 10.1. The molecule has 0 saturated heterocycles. The first-order valence-corrected chi connectivity index (χ1v) is 5.69. The maximum atomic E-state index is 5.73. The van der Waals surface area contributed by atoms with Crippen molar-refractivity contribution in [3.8, 4) is 11.5 Å². The fraction of sp³-hybridized carbons (Fsp3) is 0.538. The Morgan fingerprint density at radius 3 is 2.19 bits per heavy atom. The van der Waals surface area contributed by atoms with E-state index in [1.54, 1.807) is 0 Å². The molecule has 1 aromatic carbocycles. The van der Waals surface area contributed by atoms with E-state index in [1.165, 1.54) is 0 Å². The first-order valence-electron chi connectivity index (χ1n) is 5.69. The van der Waals surface area contributed by atoms with Crippen LogP contribution in [0.15, 0.2) is 24.3 Å². The van der Waals surface area contributed by atoms with Gasteiger partial charge in [-0.25, -0.2) is 0 Å². The number of nitrogens with two attached hydrogens (primary N) is 1. The van der Waals surface area contributed by atoms with Crippen LogP contribution in [0.25, 0.3) is 0 Å². The highest BCUT2D eigenvalue weighted by molar-refractivity contribution is 5.31. The topological polar surface area (TPSA) is 44.5 Å². The van der Waals surface area contributed by atoms with Crippen LogP contribution in [0.4, 0.5) is 0 Å². The fourth-order valence-corrected chi connectivity index (χ4v) is 1.18. The first-order chi connectivity index (χ1) is 7.57. The quantitative estimate of drug-likeness (QED) is 0.806. The van der Waals surface area contributed by atoms with Crippen molar-refractivity contribution in [2.24, 2.45) is 5.73 Å². The molecule has 2 N–H and O–H groups in total. The van der Waals surface area contributed by atoms with Gasteiger partial charge in [-0.1, -0.05) is 6.92 Å². The molecule has 0 atom stereocenters. The van der Waals surface area contributed by atoms with Gasteiger partial charge in [0.2, 0.25) is 0 Å². The summed E-state index contributed by atoms with van der Waals surface area (Å²) in [7, 11) is 0. The van der Waals surface area contributed by atoms with Gasteiger partial charge in [-0.15, -0.1) is 0 Å². The fourth-order valence-electron chi connectivity index (χ4n) is 1.18. The molecular weight excluding hydrogens is 202 g/mol. The van der Waals surface area contributed by atoms with E-state index < -0.39 is 0 Å². The van der Waals surface area contributed by atoms with Gasteiger partial charge in [-0.3, -0.25) is 0 Å². The van der Waals surface area contributed by atoms with Crippen molar-refractivity contribution in [3.63, 3.8) is 0 Å². The van der Waals surface area contributed by atoms with Crippen molar-refractivity contribution in [1.29, 1.82) is 0 Å². The predicted molar refractivity (Wildman–Crippen MR) is 66.0 cm³/mol. The highest BCUT2D eigenvalue weighted by Crippen LogP contribution is 2.21. The molecule has 0 amide bonds. The smallest absolute Gasteiger partial charge is 0.120 e. The van der Waals surface area contributed by atoms with Gasteiger partial charge in [-0.05, 0) is 44.5 Å². The van der Waals surface area contributed by atoms with Crippen LogP contribution in [0.1, 0.15) is 27.2 Å². The Hall–Kier alpha value is -1.22. The van der Waals surface area contributed by atoms with E-state index in [0.29, 0.717) is 6.54 Å². The van der Waals surface area contributed by atoms with Gasteiger partial charge in [0.05, 0.1) is 6.61 Å². The maximum Gasteiger partial charge on any atom is 0.120 e. The molecule has 0 saturated carbocycles. The second-order valence-electron chi connectivity index (χ2n) is 4.39. The lowest BCUT2D eigenvalue weighted by Crippen LogP contribution is -2.37. The molecule has 0 unspecified atom stereocenters. The number of rotatable bonds is 6. The lowest BCUT2D eigenvalue weighted by molar-refractivity contribution is 0.118. The SMILES string of the molecule is CCCOc1ccc(OC(C)(C)CN)cc1. The largest absolute Gasteiger partial charge is 0.494 e. The Kier molecular flexibility index (Phi) is 4.62. The first kappa shape index (κ1) is 12.8. The van der Waals surface area contributed by atoms with Gasteiger partial charge in [-0.2, -0.15) is 0 Å². The van der Waals surface area contributed by atoms with E-state index in [-0.39, 0.29) is 5.60 Å². The Balaban J connectivity index is 2.57. The highest BCUT2D eigenvalue weighted by Gasteiger charge is 2.16. The summed E-state index contributed by atoms with van der Waals surface area (Å²) in [5.41, 5.74) is 5.27. The van der Waals surface area contributed by atoms with E-state index in [1.807, 2.05) is 38.1 Å². The molecule has 1 rings (SSSR count). The van der Waals surface area contributed by atoms with Crippen LogP contribution >= 0.6 is 0 Å². The summed E-state index contributed by atoms with van der Waals surface area (Å²) in [5.74, 6) is 1.69. The van der Waals surface area contributed by atoms with E-state index in [4.69, 9.17) is 15.2 Å². The van der Waals surface area contributed by atoms with Crippen LogP contribution in [-0.4, -0.2) is 18.8 Å². The van der Waals surface area contributed by atoms with Gasteiger partial charge < -0.3 is 15.2 Å². The number of ether oxygens (including phenoxy) is 2. The lowest BCUT2D eigenvalue weighted by Gasteiger charge is -2.24. The third-order valence-electron chi connectivity index (χ3n) is 2.18. The van der Waals surface area contributed by atoms with Gasteiger partial charge in [0.15, 0.2) is 0 Å². The number of benzene rings is 1. The van der Waals surface area contributed by atoms with Gasteiger partial charge in [0.1, 0.15) is 17.1 Å². The molecule has 0 aliphatic carbocycles. The van der Waals surface area contributed by atoms with Crippen molar-refractivity contribution >= 4 is 0 Å². The summed E-state index contributed by atoms with van der Waals surface area (Å²) < 4.78 is 11.2. The van der Waals surface area contributed by atoms with Crippen LogP contribution in [0.5, 0.6) is 11.5 Å². The van der Waals surface area contributed by atoms with Crippen molar-refractivity contribution in [3.05, 3.63) is 24.3 Å². The molecule has 0 heterocycles. The van der Waals surface area contributed by atoms with E-state index in [9.17, 15) is 0 Å². The summed E-state index contributed by atoms with van der Waals surface area (Å²) in [5, 5.41) is 0. The summed E-state index contributed by atoms with van der Waals surface area (Å²) in [6, 6.07) is 7.64. The average molecular weight is 223 g/mol. The summed E-state index contributed by atoms with van der Waals surface area (Å²) >= 11 is 0. The van der Waals surface area contributed by atoms with Crippen molar-refractivity contribution in [2.45, 2.75) is 32.8 Å². The van der Waals surface area contributed by atoms with E-state index >= 15 is 0 Å². The summed E-state index contributed by atoms with van der Waals surface area (Å²) in [6.07, 6.45) is 1.01. The second-order valence-corrected chi connectivity index (χ2v) is 4.39. The van der Waals surface area contributed by atoms with Crippen LogP contribution in [0.2, 0.25) is 0 Å². The minimum Gasteiger partial charge on any atom is -0.494 e. The highest BCUT2D eigenvalue weighted by atomic mass is 16.5. The monoisotopic (exact) mass is 223 g/mol. The third-order valence-corrected chi connectivity index (χ3v) is 2.18. The van der Waals surface area contributed by atoms with E-state index in [2.05, 4.69) is 6.92 Å². The molecular formula is C13H21NO2. The molecule has 0 aliphatic rings. The molecule has 1 aromatic rings. The Morgan fingerprint density at radius 1 is 1.12 bits per heavy atom. The molecule has 0 radical (unpaired) electrons. The predicted octanol–water partition coefficient (Wildman–Crippen LogP) is 2.59. The molecule has 3 heteroatoms. The molecule has 3 nitrogen and oxygen atoms in total. The molecule has 0 aliphatic heterocycles. The average Bonchev–Trinajstić information content (AvgIpc) is 2.28. The standard InChI is InChI=1S/C13H21NO2/c1-4-9-15-11-5-7-12(8-6-11)16-13(2,3)10-14/h5-8H,4,9-10,14H2,1-3H3. The zero-order valence-electron chi connectivity index (χ0n) is 10.3. The molecule has 0 aromatic heterocycles. The molecule has 0 fully saturated rings. The Bertz CT molecular complexity index is 306.